The Labute approximate surface area is 200 Å². The average Bonchev–Trinajstić information content (AvgIpc) is 2.82. The number of hydrogen-bond acceptors (Lipinski definition) is 3. The molecule has 186 valence electrons. The minimum atomic E-state index is 0.853. The molecule has 0 heterocycles. The lowest BCUT2D eigenvalue weighted by Crippen LogP contribution is -2.25. The fourth-order valence-electron chi connectivity index (χ4n) is 4.25. The van der Waals surface area contributed by atoms with Crippen molar-refractivity contribution in [2.75, 3.05) is 39.5 Å². The van der Waals surface area contributed by atoms with Crippen molar-refractivity contribution in [3.05, 3.63) is 35.9 Å². The summed E-state index contributed by atoms with van der Waals surface area (Å²) in [7, 11) is 0. The first kappa shape index (κ1) is 29.1. The molecule has 0 saturated carbocycles. The van der Waals surface area contributed by atoms with E-state index in [2.05, 4.69) is 49.1 Å². The zero-order chi connectivity index (χ0) is 23.0. The molecule has 0 aliphatic heterocycles. The van der Waals surface area contributed by atoms with Crippen molar-refractivity contribution in [1.29, 1.82) is 0 Å². The van der Waals surface area contributed by atoms with Crippen LogP contribution < -0.4 is 0 Å². The second kappa shape index (κ2) is 23.3. The summed E-state index contributed by atoms with van der Waals surface area (Å²) in [5.41, 5.74) is 1.45. The quantitative estimate of drug-likeness (QED) is 0.150. The van der Waals surface area contributed by atoms with Crippen molar-refractivity contribution in [2.45, 2.75) is 110 Å². The normalized spacial score (nSPS) is 11.5. The van der Waals surface area contributed by atoms with Crippen molar-refractivity contribution in [2.24, 2.45) is 0 Å². The van der Waals surface area contributed by atoms with Crippen LogP contribution >= 0.6 is 0 Å². The van der Waals surface area contributed by atoms with E-state index < -0.39 is 0 Å². The molecule has 1 rings (SSSR count). The van der Waals surface area contributed by atoms with Crippen molar-refractivity contribution in [3.8, 4) is 0 Å². The van der Waals surface area contributed by atoms with Gasteiger partial charge >= 0.3 is 0 Å². The maximum Gasteiger partial charge on any atom is 0.0465 e. The predicted molar refractivity (Wildman–Crippen MR) is 139 cm³/mol. The second-order valence-electron chi connectivity index (χ2n) is 9.11. The summed E-state index contributed by atoms with van der Waals surface area (Å²) in [6.07, 6.45) is 18.8. The van der Waals surface area contributed by atoms with Crippen LogP contribution in [0.15, 0.2) is 30.3 Å². The van der Waals surface area contributed by atoms with E-state index in [4.69, 9.17) is 9.47 Å². The molecule has 1 aromatic carbocycles. The van der Waals surface area contributed by atoms with Gasteiger partial charge in [0.2, 0.25) is 0 Å². The SMILES string of the molecule is CCOCCCCCCCCCCN(CCCCCCCCOCC)Cc1ccccc1. The van der Waals surface area contributed by atoms with E-state index >= 15 is 0 Å². The average molecular weight is 448 g/mol. The molecule has 0 bridgehead atoms. The number of hydrogen-bond donors (Lipinski definition) is 0. The standard InChI is InChI=1S/C29H53NO2/c1-3-31-26-20-13-9-6-5-7-11-18-24-30(28-29-22-16-15-17-23-29)25-19-12-8-10-14-21-27-32-4-2/h15-17,22-23H,3-14,18-21,24-28H2,1-2H3. The first-order valence-corrected chi connectivity index (χ1v) is 13.8. The lowest BCUT2D eigenvalue weighted by molar-refractivity contribution is 0.142. The molecule has 0 N–H and O–H groups in total. The topological polar surface area (TPSA) is 21.7 Å². The zero-order valence-corrected chi connectivity index (χ0v) is 21.5. The van der Waals surface area contributed by atoms with Crippen LogP contribution in [0.25, 0.3) is 0 Å². The van der Waals surface area contributed by atoms with Gasteiger partial charge in [-0.05, 0) is 58.2 Å². The summed E-state index contributed by atoms with van der Waals surface area (Å²) in [5, 5.41) is 0. The van der Waals surface area contributed by atoms with Crippen LogP contribution in [-0.4, -0.2) is 44.4 Å². The molecule has 0 aromatic heterocycles. The summed E-state index contributed by atoms with van der Waals surface area (Å²) in [5.74, 6) is 0. The molecule has 0 saturated heterocycles. The number of ether oxygens (including phenoxy) is 2. The monoisotopic (exact) mass is 447 g/mol. The maximum atomic E-state index is 5.43. The van der Waals surface area contributed by atoms with E-state index in [9.17, 15) is 0 Å². The van der Waals surface area contributed by atoms with E-state index in [0.29, 0.717) is 0 Å². The molecule has 0 radical (unpaired) electrons. The zero-order valence-electron chi connectivity index (χ0n) is 21.5. The highest BCUT2D eigenvalue weighted by molar-refractivity contribution is 5.14. The fourth-order valence-corrected chi connectivity index (χ4v) is 4.25. The number of nitrogens with zero attached hydrogens (tertiary/aromatic N) is 1. The van der Waals surface area contributed by atoms with E-state index in [1.165, 1.54) is 109 Å². The van der Waals surface area contributed by atoms with Gasteiger partial charge in [-0.3, -0.25) is 4.90 Å². The molecule has 0 unspecified atom stereocenters. The number of rotatable bonds is 24. The molecule has 0 amide bonds. The van der Waals surface area contributed by atoms with Gasteiger partial charge in [0, 0.05) is 33.0 Å². The van der Waals surface area contributed by atoms with E-state index in [1.807, 2.05) is 0 Å². The summed E-state index contributed by atoms with van der Waals surface area (Å²) in [6.45, 7) is 11.3. The van der Waals surface area contributed by atoms with Crippen LogP contribution in [0.2, 0.25) is 0 Å². The second-order valence-corrected chi connectivity index (χ2v) is 9.11. The smallest absolute Gasteiger partial charge is 0.0465 e. The molecule has 0 atom stereocenters. The molecular weight excluding hydrogens is 394 g/mol. The van der Waals surface area contributed by atoms with Gasteiger partial charge in [-0.1, -0.05) is 94.5 Å². The third kappa shape index (κ3) is 18.7. The molecule has 32 heavy (non-hydrogen) atoms. The van der Waals surface area contributed by atoms with Crippen LogP contribution in [0.5, 0.6) is 0 Å². The Balaban J connectivity index is 2.10. The molecule has 0 aliphatic carbocycles. The predicted octanol–water partition coefficient (Wildman–Crippen LogP) is 8.02. The Bertz CT molecular complexity index is 479. The van der Waals surface area contributed by atoms with Crippen LogP contribution in [0.1, 0.15) is 109 Å². The van der Waals surface area contributed by atoms with E-state index in [-0.39, 0.29) is 0 Å². The van der Waals surface area contributed by atoms with Gasteiger partial charge in [0.25, 0.3) is 0 Å². The van der Waals surface area contributed by atoms with Gasteiger partial charge in [0.1, 0.15) is 0 Å². The lowest BCUT2D eigenvalue weighted by Gasteiger charge is -2.22. The van der Waals surface area contributed by atoms with Crippen LogP contribution in [0.3, 0.4) is 0 Å². The molecule has 0 aliphatic rings. The van der Waals surface area contributed by atoms with Crippen molar-refractivity contribution in [3.63, 3.8) is 0 Å². The minimum Gasteiger partial charge on any atom is -0.382 e. The number of benzene rings is 1. The highest BCUT2D eigenvalue weighted by atomic mass is 16.5. The van der Waals surface area contributed by atoms with E-state index in [0.717, 1.165) is 33.0 Å². The van der Waals surface area contributed by atoms with Gasteiger partial charge in [-0.15, -0.1) is 0 Å². The maximum absolute atomic E-state index is 5.43. The van der Waals surface area contributed by atoms with E-state index in [1.54, 1.807) is 0 Å². The Hall–Kier alpha value is -0.900. The van der Waals surface area contributed by atoms with Gasteiger partial charge in [0.15, 0.2) is 0 Å². The Kier molecular flexibility index (Phi) is 21.2. The van der Waals surface area contributed by atoms with Crippen molar-refractivity contribution >= 4 is 0 Å². The van der Waals surface area contributed by atoms with Gasteiger partial charge in [0.05, 0.1) is 0 Å². The first-order valence-electron chi connectivity index (χ1n) is 13.8. The molecule has 3 heteroatoms. The van der Waals surface area contributed by atoms with Crippen LogP contribution in [0.4, 0.5) is 0 Å². The highest BCUT2D eigenvalue weighted by Crippen LogP contribution is 2.13. The summed E-state index contributed by atoms with van der Waals surface area (Å²) in [4.78, 5) is 2.69. The molecule has 0 spiro atoms. The Morgan fingerprint density at radius 2 is 0.938 bits per heavy atom. The lowest BCUT2D eigenvalue weighted by atomic mass is 10.1. The molecule has 1 aromatic rings. The highest BCUT2D eigenvalue weighted by Gasteiger charge is 2.06. The van der Waals surface area contributed by atoms with Crippen LogP contribution in [0, 0.1) is 0 Å². The fraction of sp³-hybridized carbons (Fsp3) is 0.793. The number of unbranched alkanes of at least 4 members (excludes halogenated alkanes) is 12. The third-order valence-electron chi connectivity index (χ3n) is 6.18. The summed E-state index contributed by atoms with van der Waals surface area (Å²) >= 11 is 0. The summed E-state index contributed by atoms with van der Waals surface area (Å²) in [6, 6.07) is 11.0. The van der Waals surface area contributed by atoms with Gasteiger partial charge < -0.3 is 9.47 Å². The Morgan fingerprint density at radius 1 is 0.531 bits per heavy atom. The van der Waals surface area contributed by atoms with Gasteiger partial charge in [-0.25, -0.2) is 0 Å². The van der Waals surface area contributed by atoms with Crippen LogP contribution in [-0.2, 0) is 16.0 Å². The first-order chi connectivity index (χ1) is 15.9. The third-order valence-corrected chi connectivity index (χ3v) is 6.18. The Morgan fingerprint density at radius 3 is 1.38 bits per heavy atom. The summed E-state index contributed by atoms with van der Waals surface area (Å²) < 4.78 is 10.8. The molecular formula is C29H53NO2. The van der Waals surface area contributed by atoms with Crippen molar-refractivity contribution < 1.29 is 9.47 Å². The van der Waals surface area contributed by atoms with Gasteiger partial charge in [-0.2, -0.15) is 0 Å². The molecule has 3 nitrogen and oxygen atoms in total. The largest absolute Gasteiger partial charge is 0.382 e. The van der Waals surface area contributed by atoms with Crippen molar-refractivity contribution in [1.82, 2.24) is 4.90 Å². The molecule has 0 fully saturated rings. The minimum absolute atomic E-state index is 0.853.